The highest BCUT2D eigenvalue weighted by molar-refractivity contribution is 7.79. The van der Waals surface area contributed by atoms with E-state index in [4.69, 9.17) is 4.98 Å². The predicted octanol–water partition coefficient (Wildman–Crippen LogP) is 10.3. The maximum absolute atomic E-state index is 5.35. The van der Waals surface area contributed by atoms with Crippen molar-refractivity contribution in [3.8, 4) is 11.1 Å². The first-order valence-corrected chi connectivity index (χ1v) is 16.5. The van der Waals surface area contributed by atoms with Gasteiger partial charge in [-0.15, -0.1) is 0 Å². The van der Waals surface area contributed by atoms with Crippen molar-refractivity contribution < 1.29 is 0 Å². The van der Waals surface area contributed by atoms with Gasteiger partial charge in [0.2, 0.25) is 0 Å². The number of hydrogen-bond donors (Lipinski definition) is 0. The Morgan fingerprint density at radius 2 is 1.09 bits per heavy atom. The second-order valence-corrected chi connectivity index (χ2v) is 12.6. The van der Waals surface area contributed by atoms with Gasteiger partial charge in [-0.05, 0) is 54.2 Å². The van der Waals surface area contributed by atoms with Crippen LogP contribution in [0.1, 0.15) is 31.9 Å². The molecule has 0 aliphatic rings. The van der Waals surface area contributed by atoms with Gasteiger partial charge in [0.25, 0.3) is 0 Å². The van der Waals surface area contributed by atoms with Crippen molar-refractivity contribution in [3.05, 3.63) is 151 Å². The van der Waals surface area contributed by atoms with Crippen LogP contribution in [0.15, 0.2) is 140 Å². The standard InChI is InChI=1S/C39H30NP.C2H6/c1-3-12-33-27(2)19-25-35-37(36-26-22-28-13-10-11-18-34(28)39(36)40-38(33)35)29-20-23-32(24-21-29)41(30-14-6-4-7-15-30)31-16-8-5-9-17-31;1-2/h3-26H,1-2H3;1-2H3/b12-3-;. The van der Waals surface area contributed by atoms with Crippen LogP contribution in [0.5, 0.6) is 0 Å². The first-order valence-electron chi connectivity index (χ1n) is 15.1. The maximum atomic E-state index is 5.35. The van der Waals surface area contributed by atoms with Crippen LogP contribution in [0.3, 0.4) is 0 Å². The Hall–Kier alpha value is -4.58. The third kappa shape index (κ3) is 5.38. The van der Waals surface area contributed by atoms with Crippen LogP contribution in [-0.4, -0.2) is 4.98 Å². The van der Waals surface area contributed by atoms with E-state index < -0.39 is 7.92 Å². The van der Waals surface area contributed by atoms with Crippen LogP contribution in [0.4, 0.5) is 0 Å². The van der Waals surface area contributed by atoms with E-state index in [1.165, 1.54) is 59.7 Å². The van der Waals surface area contributed by atoms with Crippen molar-refractivity contribution in [2.45, 2.75) is 27.7 Å². The van der Waals surface area contributed by atoms with Crippen LogP contribution < -0.4 is 15.9 Å². The molecule has 0 aliphatic carbocycles. The van der Waals surface area contributed by atoms with Gasteiger partial charge in [0.05, 0.1) is 11.0 Å². The Morgan fingerprint density at radius 3 is 1.74 bits per heavy atom. The SMILES string of the molecule is C/C=C\c1c(C)ccc2c(-c3ccc(P(c4ccccc4)c4ccccc4)cc3)c3ccc4ccccc4c3nc12.CC. The van der Waals surface area contributed by atoms with Gasteiger partial charge < -0.3 is 0 Å². The van der Waals surface area contributed by atoms with E-state index in [0.717, 1.165) is 11.0 Å². The van der Waals surface area contributed by atoms with Crippen molar-refractivity contribution in [3.63, 3.8) is 0 Å². The zero-order chi connectivity index (χ0) is 29.8. The molecule has 1 nitrogen and oxygen atoms in total. The van der Waals surface area contributed by atoms with Crippen molar-refractivity contribution >= 4 is 62.5 Å². The molecule has 0 fully saturated rings. The maximum Gasteiger partial charge on any atom is 0.0794 e. The van der Waals surface area contributed by atoms with Crippen LogP contribution >= 0.6 is 7.92 Å². The molecule has 0 N–H and O–H groups in total. The monoisotopic (exact) mass is 573 g/mol. The zero-order valence-electron chi connectivity index (χ0n) is 25.3. The van der Waals surface area contributed by atoms with Crippen molar-refractivity contribution in [2.24, 2.45) is 0 Å². The van der Waals surface area contributed by atoms with E-state index in [9.17, 15) is 0 Å². The summed E-state index contributed by atoms with van der Waals surface area (Å²) in [7, 11) is -0.656. The third-order valence-electron chi connectivity index (χ3n) is 7.87. The average molecular weight is 574 g/mol. The molecule has 0 aliphatic heterocycles. The van der Waals surface area contributed by atoms with Gasteiger partial charge in [-0.2, -0.15) is 0 Å². The smallest absolute Gasteiger partial charge is 0.0794 e. The lowest BCUT2D eigenvalue weighted by Gasteiger charge is -2.20. The highest BCUT2D eigenvalue weighted by Gasteiger charge is 2.19. The third-order valence-corrected chi connectivity index (χ3v) is 10.3. The lowest BCUT2D eigenvalue weighted by molar-refractivity contribution is 1.42. The summed E-state index contributed by atoms with van der Waals surface area (Å²) >= 11 is 0. The number of aromatic nitrogens is 1. The molecule has 7 aromatic rings. The van der Waals surface area contributed by atoms with Gasteiger partial charge in [-0.3, -0.25) is 0 Å². The number of pyridine rings is 1. The number of allylic oxidation sites excluding steroid dienone is 1. The second kappa shape index (κ2) is 12.7. The quantitative estimate of drug-likeness (QED) is 0.113. The molecule has 210 valence electrons. The summed E-state index contributed by atoms with van der Waals surface area (Å²) in [6, 6.07) is 48.6. The molecule has 1 aromatic heterocycles. The Labute approximate surface area is 256 Å². The van der Waals surface area contributed by atoms with Gasteiger partial charge in [-0.25, -0.2) is 4.98 Å². The summed E-state index contributed by atoms with van der Waals surface area (Å²) in [5, 5.41) is 8.84. The zero-order valence-corrected chi connectivity index (χ0v) is 26.1. The molecule has 2 heteroatoms. The highest BCUT2D eigenvalue weighted by atomic mass is 31.1. The van der Waals surface area contributed by atoms with Crippen molar-refractivity contribution in [1.82, 2.24) is 4.98 Å². The van der Waals surface area contributed by atoms with Crippen LogP contribution in [0, 0.1) is 6.92 Å². The molecular weight excluding hydrogens is 537 g/mol. The second-order valence-electron chi connectivity index (χ2n) is 10.4. The normalized spacial score (nSPS) is 11.4. The fraction of sp³-hybridized carbons (Fsp3) is 0.0976. The Bertz CT molecular complexity index is 2000. The molecule has 0 saturated carbocycles. The molecular formula is C41H36NP. The molecule has 0 spiro atoms. The average Bonchev–Trinajstić information content (AvgIpc) is 3.07. The van der Waals surface area contributed by atoms with E-state index in [1.54, 1.807) is 0 Å². The molecule has 0 saturated heterocycles. The van der Waals surface area contributed by atoms with Crippen molar-refractivity contribution in [2.75, 3.05) is 0 Å². The summed E-state index contributed by atoms with van der Waals surface area (Å²) in [6.45, 7) is 8.25. The Morgan fingerprint density at radius 1 is 0.535 bits per heavy atom. The lowest BCUT2D eigenvalue weighted by Crippen LogP contribution is -2.20. The number of nitrogens with zero attached hydrogens (tertiary/aromatic N) is 1. The molecule has 0 radical (unpaired) electrons. The molecule has 0 atom stereocenters. The van der Waals surface area contributed by atoms with Gasteiger partial charge in [0.1, 0.15) is 0 Å². The van der Waals surface area contributed by atoms with Crippen molar-refractivity contribution in [1.29, 1.82) is 0 Å². The van der Waals surface area contributed by atoms with E-state index in [1.807, 2.05) is 13.8 Å². The Kier molecular flexibility index (Phi) is 8.45. The highest BCUT2D eigenvalue weighted by Crippen LogP contribution is 2.40. The fourth-order valence-corrected chi connectivity index (χ4v) is 8.21. The minimum Gasteiger partial charge on any atom is -0.246 e. The van der Waals surface area contributed by atoms with E-state index >= 15 is 0 Å². The minimum absolute atomic E-state index is 0.656. The van der Waals surface area contributed by atoms with Crippen LogP contribution in [-0.2, 0) is 0 Å². The summed E-state index contributed by atoms with van der Waals surface area (Å²) in [5.41, 5.74) is 7.00. The van der Waals surface area contributed by atoms with Gasteiger partial charge >= 0.3 is 0 Å². The molecule has 43 heavy (non-hydrogen) atoms. The summed E-state index contributed by atoms with van der Waals surface area (Å²) in [6.07, 6.45) is 4.31. The number of hydrogen-bond acceptors (Lipinski definition) is 1. The fourth-order valence-electron chi connectivity index (χ4n) is 5.93. The number of aryl methyl sites for hydroxylation is 1. The van der Waals surface area contributed by atoms with Gasteiger partial charge in [-0.1, -0.05) is 159 Å². The van der Waals surface area contributed by atoms with Gasteiger partial charge in [0.15, 0.2) is 0 Å². The molecule has 6 aromatic carbocycles. The topological polar surface area (TPSA) is 12.9 Å². The molecule has 1 heterocycles. The predicted molar refractivity (Wildman–Crippen MR) is 192 cm³/mol. The summed E-state index contributed by atoms with van der Waals surface area (Å²) < 4.78 is 0. The lowest BCUT2D eigenvalue weighted by atomic mass is 9.92. The van der Waals surface area contributed by atoms with Crippen LogP contribution in [0.25, 0.3) is 49.8 Å². The number of fused-ring (bicyclic) bond motifs is 4. The van der Waals surface area contributed by atoms with E-state index in [2.05, 4.69) is 159 Å². The van der Waals surface area contributed by atoms with Crippen LogP contribution in [0.2, 0.25) is 0 Å². The molecule has 0 amide bonds. The first kappa shape index (κ1) is 28.5. The van der Waals surface area contributed by atoms with E-state index in [0.29, 0.717) is 0 Å². The molecule has 0 unspecified atom stereocenters. The van der Waals surface area contributed by atoms with E-state index in [-0.39, 0.29) is 0 Å². The summed E-state index contributed by atoms with van der Waals surface area (Å²) in [5.74, 6) is 0. The first-order chi connectivity index (χ1) is 21.2. The largest absolute Gasteiger partial charge is 0.246 e. The summed E-state index contributed by atoms with van der Waals surface area (Å²) in [4.78, 5) is 5.35. The minimum atomic E-state index is -0.656. The molecule has 0 bridgehead atoms. The molecule has 7 rings (SSSR count). The Balaban J connectivity index is 0.00000161. The number of rotatable bonds is 5. The number of benzene rings is 6. The van der Waals surface area contributed by atoms with Gasteiger partial charge in [0, 0.05) is 27.3 Å².